The van der Waals surface area contributed by atoms with Gasteiger partial charge in [0, 0.05) is 37.9 Å². The number of aliphatic hydroxyl groups excluding tert-OH is 1. The minimum Gasteiger partial charge on any atom is -0.395 e. The van der Waals surface area contributed by atoms with E-state index in [9.17, 15) is 9.90 Å². The third kappa shape index (κ3) is 3.97. The summed E-state index contributed by atoms with van der Waals surface area (Å²) >= 11 is 0. The number of rotatable bonds is 5. The maximum atomic E-state index is 13.2. The van der Waals surface area contributed by atoms with Crippen molar-refractivity contribution in [2.45, 2.75) is 63.0 Å². The number of amides is 1. The normalized spacial score (nSPS) is 25.5. The number of hydrogen-bond donors (Lipinski definition) is 1. The first kappa shape index (κ1) is 19.1. The van der Waals surface area contributed by atoms with E-state index in [2.05, 4.69) is 20.0 Å². The number of oxime groups is 1. The molecule has 1 N–H and O–H groups in total. The van der Waals surface area contributed by atoms with Crippen LogP contribution in [0.25, 0.3) is 0 Å². The zero-order chi connectivity index (χ0) is 19.4. The van der Waals surface area contributed by atoms with Crippen LogP contribution in [0.2, 0.25) is 0 Å². The van der Waals surface area contributed by atoms with E-state index in [-0.39, 0.29) is 18.6 Å². The molecule has 1 saturated heterocycles. The van der Waals surface area contributed by atoms with Gasteiger partial charge in [-0.05, 0) is 25.7 Å². The number of piperidine rings is 1. The highest BCUT2D eigenvalue weighted by Crippen LogP contribution is 2.35. The Bertz CT molecular complexity index is 707. The zero-order valence-electron chi connectivity index (χ0n) is 16.3. The van der Waals surface area contributed by atoms with Gasteiger partial charge in [0.05, 0.1) is 19.3 Å². The Morgan fingerprint density at radius 1 is 1.29 bits per heavy atom. The van der Waals surface area contributed by atoms with Crippen LogP contribution in [0.5, 0.6) is 0 Å². The van der Waals surface area contributed by atoms with Crippen LogP contribution in [0.4, 0.5) is 5.82 Å². The van der Waals surface area contributed by atoms with Gasteiger partial charge in [0.1, 0.15) is 11.5 Å². The van der Waals surface area contributed by atoms with Crippen LogP contribution in [0.1, 0.15) is 51.4 Å². The molecule has 0 bridgehead atoms. The molecule has 0 radical (unpaired) electrons. The third-order valence-electron chi connectivity index (χ3n) is 6.12. The highest BCUT2D eigenvalue weighted by Gasteiger charge is 2.46. The second kappa shape index (κ2) is 8.43. The Morgan fingerprint density at radius 3 is 2.89 bits per heavy atom. The van der Waals surface area contributed by atoms with Gasteiger partial charge in [0.2, 0.25) is 0 Å². The first-order chi connectivity index (χ1) is 13.7. The summed E-state index contributed by atoms with van der Waals surface area (Å²) < 4.78 is 0. The van der Waals surface area contributed by atoms with Crippen LogP contribution in [-0.2, 0) is 9.63 Å². The molecule has 2 aliphatic heterocycles. The highest BCUT2D eigenvalue weighted by molar-refractivity contribution is 6.39. The lowest BCUT2D eigenvalue weighted by molar-refractivity contribution is -0.127. The molecule has 1 amide bonds. The first-order valence-corrected chi connectivity index (χ1v) is 10.4. The lowest BCUT2D eigenvalue weighted by Crippen LogP contribution is -2.50. The molecule has 0 aromatic carbocycles. The molecule has 2 fully saturated rings. The Balaban J connectivity index is 1.43. The summed E-state index contributed by atoms with van der Waals surface area (Å²) in [6.07, 6.45) is 13.0. The second-order valence-electron chi connectivity index (χ2n) is 8.09. The number of hydrogen-bond acceptors (Lipinski definition) is 7. The Kier molecular flexibility index (Phi) is 5.75. The van der Waals surface area contributed by atoms with Gasteiger partial charge >= 0.3 is 0 Å². The predicted octanol–water partition coefficient (Wildman–Crippen LogP) is 1.75. The summed E-state index contributed by atoms with van der Waals surface area (Å²) in [4.78, 5) is 31.6. The Labute approximate surface area is 165 Å². The zero-order valence-corrected chi connectivity index (χ0v) is 16.3. The van der Waals surface area contributed by atoms with Gasteiger partial charge in [-0.3, -0.25) is 9.78 Å². The quantitative estimate of drug-likeness (QED) is 0.828. The van der Waals surface area contributed by atoms with Gasteiger partial charge in [-0.15, -0.1) is 0 Å². The van der Waals surface area contributed by atoms with E-state index in [4.69, 9.17) is 4.84 Å². The molecule has 4 rings (SSSR count). The van der Waals surface area contributed by atoms with Crippen LogP contribution in [0, 0.1) is 0 Å². The molecule has 0 unspecified atom stereocenters. The van der Waals surface area contributed by atoms with Crippen LogP contribution >= 0.6 is 0 Å². The number of carbonyl (C=O) groups excluding carboxylic acids is 1. The highest BCUT2D eigenvalue weighted by atomic mass is 16.7. The summed E-state index contributed by atoms with van der Waals surface area (Å²) in [5.41, 5.74) is 0.0121. The number of carbonyl (C=O) groups is 1. The van der Waals surface area contributed by atoms with E-state index in [0.29, 0.717) is 25.2 Å². The lowest BCUT2D eigenvalue weighted by Gasteiger charge is -2.38. The first-order valence-electron chi connectivity index (χ1n) is 10.4. The topological polar surface area (TPSA) is 91.2 Å². The standard InChI is InChI=1S/C20H29N5O3/c26-12-11-25(16-5-2-1-3-6-16)19(27)17-13-20(28-23-17)7-4-10-24(15-20)18-14-21-8-9-22-18/h8-9,14,16,26H,1-7,10-13,15H2/t20-/m1/s1. The molecule has 3 heterocycles. The molecule has 28 heavy (non-hydrogen) atoms. The number of nitrogens with zero attached hydrogens (tertiary/aromatic N) is 5. The van der Waals surface area contributed by atoms with E-state index in [1.165, 1.54) is 6.42 Å². The molecule has 152 valence electrons. The third-order valence-corrected chi connectivity index (χ3v) is 6.12. The van der Waals surface area contributed by atoms with Crippen molar-refractivity contribution in [2.75, 3.05) is 31.1 Å². The fourth-order valence-electron chi connectivity index (χ4n) is 4.72. The van der Waals surface area contributed by atoms with E-state index in [1.54, 1.807) is 18.6 Å². The summed E-state index contributed by atoms with van der Waals surface area (Å²) in [5.74, 6) is 0.753. The maximum absolute atomic E-state index is 13.2. The van der Waals surface area contributed by atoms with Crippen molar-refractivity contribution >= 4 is 17.4 Å². The molecule has 1 saturated carbocycles. The van der Waals surface area contributed by atoms with Crippen molar-refractivity contribution in [3.8, 4) is 0 Å². The molecule has 8 heteroatoms. The molecule has 1 aromatic heterocycles. The predicted molar refractivity (Wildman–Crippen MR) is 105 cm³/mol. The van der Waals surface area contributed by atoms with Gasteiger partial charge < -0.3 is 19.7 Å². The van der Waals surface area contributed by atoms with Crippen LogP contribution in [0.15, 0.2) is 23.7 Å². The minimum atomic E-state index is -0.474. The van der Waals surface area contributed by atoms with E-state index >= 15 is 0 Å². The monoisotopic (exact) mass is 387 g/mol. The van der Waals surface area contributed by atoms with E-state index < -0.39 is 5.60 Å². The number of aliphatic hydroxyl groups is 1. The fraction of sp³-hybridized carbons (Fsp3) is 0.700. The summed E-state index contributed by atoms with van der Waals surface area (Å²) in [6, 6.07) is 0.204. The van der Waals surface area contributed by atoms with Crippen molar-refractivity contribution in [2.24, 2.45) is 5.16 Å². The van der Waals surface area contributed by atoms with Crippen molar-refractivity contribution < 1.29 is 14.7 Å². The van der Waals surface area contributed by atoms with E-state index in [0.717, 1.165) is 50.9 Å². The SMILES string of the molecule is O=C(C1=NO[C@]2(CCCN(c3cnccn3)C2)C1)N(CCO)C1CCCCC1. The van der Waals surface area contributed by atoms with Crippen LogP contribution in [0.3, 0.4) is 0 Å². The van der Waals surface area contributed by atoms with Gasteiger partial charge in [0.25, 0.3) is 5.91 Å². The average Bonchev–Trinajstić information content (AvgIpc) is 3.16. The van der Waals surface area contributed by atoms with Gasteiger partial charge in [-0.1, -0.05) is 24.4 Å². The summed E-state index contributed by atoms with van der Waals surface area (Å²) in [6.45, 7) is 1.88. The van der Waals surface area contributed by atoms with E-state index in [1.807, 2.05) is 4.90 Å². The van der Waals surface area contributed by atoms with Gasteiger partial charge in [-0.2, -0.15) is 0 Å². The van der Waals surface area contributed by atoms with Crippen LogP contribution < -0.4 is 4.90 Å². The summed E-state index contributed by atoms with van der Waals surface area (Å²) in [5, 5.41) is 13.7. The maximum Gasteiger partial charge on any atom is 0.272 e. The van der Waals surface area contributed by atoms with Gasteiger partial charge in [-0.25, -0.2) is 4.98 Å². The average molecular weight is 387 g/mol. The fourth-order valence-corrected chi connectivity index (χ4v) is 4.72. The second-order valence-corrected chi connectivity index (χ2v) is 8.09. The van der Waals surface area contributed by atoms with Gasteiger partial charge in [0.15, 0.2) is 5.60 Å². The molecule has 1 atom stereocenters. The largest absolute Gasteiger partial charge is 0.395 e. The molecular formula is C20H29N5O3. The van der Waals surface area contributed by atoms with Crippen molar-refractivity contribution in [1.29, 1.82) is 0 Å². The van der Waals surface area contributed by atoms with Crippen LogP contribution in [-0.4, -0.2) is 69.5 Å². The smallest absolute Gasteiger partial charge is 0.272 e. The molecular weight excluding hydrogens is 358 g/mol. The molecule has 3 aliphatic rings. The molecule has 1 spiro atoms. The number of aromatic nitrogens is 2. The molecule has 8 nitrogen and oxygen atoms in total. The lowest BCUT2D eigenvalue weighted by atomic mass is 9.87. The molecule has 1 aliphatic carbocycles. The molecule has 1 aromatic rings. The van der Waals surface area contributed by atoms with Crippen molar-refractivity contribution in [1.82, 2.24) is 14.9 Å². The van der Waals surface area contributed by atoms with Crippen molar-refractivity contribution in [3.05, 3.63) is 18.6 Å². The Hall–Kier alpha value is -2.22. The number of anilines is 1. The van der Waals surface area contributed by atoms with Crippen molar-refractivity contribution in [3.63, 3.8) is 0 Å². The Morgan fingerprint density at radius 2 is 2.14 bits per heavy atom. The summed E-state index contributed by atoms with van der Waals surface area (Å²) in [7, 11) is 0. The minimum absolute atomic E-state index is 0.0258.